The third-order valence-corrected chi connectivity index (χ3v) is 7.52. The van der Waals surface area contributed by atoms with E-state index in [4.69, 9.17) is 0 Å². The van der Waals surface area contributed by atoms with Crippen molar-refractivity contribution in [1.82, 2.24) is 0 Å². The van der Waals surface area contributed by atoms with E-state index in [1.165, 1.54) is 6.26 Å². The fraction of sp³-hybridized carbons (Fsp3) is 0.923. The molecule has 1 saturated carbocycles. The van der Waals surface area contributed by atoms with Crippen LogP contribution in [0.2, 0.25) is 0 Å². The minimum Gasteiger partial charge on any atom is -0.298 e. The van der Waals surface area contributed by atoms with Gasteiger partial charge in [-0.05, 0) is 44.8 Å². The van der Waals surface area contributed by atoms with Gasteiger partial charge in [0.2, 0.25) is 0 Å². The molecule has 1 aliphatic carbocycles. The van der Waals surface area contributed by atoms with E-state index in [1.54, 1.807) is 11.8 Å². The Labute approximate surface area is 114 Å². The summed E-state index contributed by atoms with van der Waals surface area (Å²) < 4.78 is 23.0. The van der Waals surface area contributed by atoms with Crippen molar-refractivity contribution in [3.8, 4) is 0 Å². The fourth-order valence-corrected chi connectivity index (χ4v) is 5.69. The van der Waals surface area contributed by atoms with Crippen LogP contribution in [0.15, 0.2) is 0 Å². The van der Waals surface area contributed by atoms with Crippen molar-refractivity contribution in [2.75, 3.05) is 12.0 Å². The van der Waals surface area contributed by atoms with Crippen LogP contribution < -0.4 is 0 Å². The highest BCUT2D eigenvalue weighted by Crippen LogP contribution is 2.43. The Morgan fingerprint density at radius 3 is 2.56 bits per heavy atom. The van der Waals surface area contributed by atoms with Gasteiger partial charge in [-0.25, -0.2) is 8.42 Å². The summed E-state index contributed by atoms with van der Waals surface area (Å²) in [7, 11) is -2.99. The Morgan fingerprint density at radius 1 is 1.28 bits per heavy atom. The lowest BCUT2D eigenvalue weighted by Crippen LogP contribution is -2.39. The number of ketones is 1. The Morgan fingerprint density at radius 2 is 2.00 bits per heavy atom. The van der Waals surface area contributed by atoms with Crippen molar-refractivity contribution in [1.29, 1.82) is 0 Å². The van der Waals surface area contributed by atoms with E-state index in [2.05, 4.69) is 0 Å². The van der Waals surface area contributed by atoms with Gasteiger partial charge in [0.25, 0.3) is 0 Å². The third-order valence-electron chi connectivity index (χ3n) is 4.34. The number of hydrogen-bond donors (Lipinski definition) is 0. The molecule has 0 amide bonds. The van der Waals surface area contributed by atoms with E-state index in [0.717, 1.165) is 37.9 Å². The molecule has 0 spiro atoms. The number of hydrogen-bond acceptors (Lipinski definition) is 4. The van der Waals surface area contributed by atoms with Crippen molar-refractivity contribution >= 4 is 27.4 Å². The van der Waals surface area contributed by atoms with Crippen LogP contribution in [0.5, 0.6) is 0 Å². The molecule has 2 aliphatic rings. The fourth-order valence-electron chi connectivity index (χ4n) is 3.18. The first-order valence-corrected chi connectivity index (χ1v) is 9.64. The van der Waals surface area contributed by atoms with Crippen molar-refractivity contribution in [3.63, 3.8) is 0 Å². The van der Waals surface area contributed by atoms with Gasteiger partial charge in [-0.2, -0.15) is 0 Å². The average molecular weight is 290 g/mol. The molecule has 2 rings (SSSR count). The molecule has 0 aromatic heterocycles. The van der Waals surface area contributed by atoms with Gasteiger partial charge in [-0.1, -0.05) is 6.42 Å². The molecule has 5 heteroatoms. The second-order valence-electron chi connectivity index (χ2n) is 5.86. The van der Waals surface area contributed by atoms with Crippen molar-refractivity contribution in [3.05, 3.63) is 0 Å². The molecule has 2 fully saturated rings. The lowest BCUT2D eigenvalue weighted by molar-refractivity contribution is -0.125. The molecule has 1 aliphatic heterocycles. The number of thioether (sulfide) groups is 1. The van der Waals surface area contributed by atoms with E-state index >= 15 is 0 Å². The maximum Gasteiger partial charge on any atom is 0.151 e. The monoisotopic (exact) mass is 290 g/mol. The second kappa shape index (κ2) is 5.16. The molecular formula is C13H22O3S2. The van der Waals surface area contributed by atoms with Crippen LogP contribution in [0.1, 0.15) is 45.4 Å². The van der Waals surface area contributed by atoms with Crippen molar-refractivity contribution in [2.24, 2.45) is 5.92 Å². The summed E-state index contributed by atoms with van der Waals surface area (Å²) in [6.45, 7) is 2.04. The van der Waals surface area contributed by atoms with Gasteiger partial charge < -0.3 is 0 Å². The number of Topliss-reactive ketones (excluding diaryl/α,β-unsaturated/α-hetero) is 1. The average Bonchev–Trinajstić information content (AvgIpc) is 2.75. The van der Waals surface area contributed by atoms with Gasteiger partial charge in [0.05, 0.1) is 10.00 Å². The summed E-state index contributed by atoms with van der Waals surface area (Å²) in [6.07, 6.45) is 6.39. The lowest BCUT2D eigenvalue weighted by Gasteiger charge is -2.32. The van der Waals surface area contributed by atoms with Crippen LogP contribution >= 0.6 is 11.8 Å². The largest absolute Gasteiger partial charge is 0.298 e. The normalized spacial score (nSPS) is 37.7. The Bertz CT molecular complexity index is 422. The van der Waals surface area contributed by atoms with Crippen LogP contribution in [0.25, 0.3) is 0 Å². The van der Waals surface area contributed by atoms with E-state index in [-0.39, 0.29) is 15.9 Å². The molecule has 104 valence electrons. The van der Waals surface area contributed by atoms with Crippen LogP contribution in [0.4, 0.5) is 0 Å². The molecule has 3 nitrogen and oxygen atoms in total. The Kier molecular flexibility index (Phi) is 4.12. The van der Waals surface area contributed by atoms with Crippen LogP contribution in [0.3, 0.4) is 0 Å². The topological polar surface area (TPSA) is 51.2 Å². The molecule has 0 aromatic carbocycles. The molecule has 0 bridgehead atoms. The summed E-state index contributed by atoms with van der Waals surface area (Å²) in [6, 6.07) is 0. The number of carbonyl (C=O) groups is 1. The molecule has 0 aromatic rings. The maximum absolute atomic E-state index is 12.6. The molecular weight excluding hydrogens is 268 g/mol. The Hall–Kier alpha value is -0.0300. The zero-order valence-electron chi connectivity index (χ0n) is 11.1. The van der Waals surface area contributed by atoms with E-state index in [0.29, 0.717) is 12.2 Å². The molecule has 0 N–H and O–H groups in total. The summed E-state index contributed by atoms with van der Waals surface area (Å²) in [4.78, 5) is 12.6. The first-order chi connectivity index (χ1) is 8.33. The predicted octanol–water partition coefficient (Wildman–Crippen LogP) is 2.44. The second-order valence-corrected chi connectivity index (χ2v) is 9.79. The van der Waals surface area contributed by atoms with Crippen LogP contribution in [-0.4, -0.2) is 36.2 Å². The molecule has 0 radical (unpaired) electrons. The number of sulfone groups is 1. The Balaban J connectivity index is 2.07. The number of rotatable bonds is 3. The highest BCUT2D eigenvalue weighted by molar-refractivity contribution is 8.01. The zero-order valence-corrected chi connectivity index (χ0v) is 12.8. The van der Waals surface area contributed by atoms with Gasteiger partial charge in [0, 0.05) is 12.2 Å². The zero-order chi connectivity index (χ0) is 13.4. The highest BCUT2D eigenvalue weighted by atomic mass is 32.2. The van der Waals surface area contributed by atoms with Gasteiger partial charge in [0.15, 0.2) is 5.78 Å². The summed E-state index contributed by atoms with van der Waals surface area (Å²) in [5.74, 6) is 1.33. The van der Waals surface area contributed by atoms with Crippen LogP contribution in [0, 0.1) is 5.92 Å². The SMILES string of the molecule is CC1(C(=O)C2CCCC(S(C)(=O)=O)C2)CCCS1. The smallest absolute Gasteiger partial charge is 0.151 e. The lowest BCUT2D eigenvalue weighted by atomic mass is 9.80. The van der Waals surface area contributed by atoms with E-state index in [9.17, 15) is 13.2 Å². The summed E-state index contributed by atoms with van der Waals surface area (Å²) >= 11 is 1.76. The third kappa shape index (κ3) is 2.93. The minimum atomic E-state index is -2.99. The van der Waals surface area contributed by atoms with Gasteiger partial charge in [-0.3, -0.25) is 4.79 Å². The summed E-state index contributed by atoms with van der Waals surface area (Å²) in [5.41, 5.74) is 0. The molecule has 3 atom stereocenters. The first kappa shape index (κ1) is 14.4. The maximum atomic E-state index is 12.6. The summed E-state index contributed by atoms with van der Waals surface area (Å²) in [5, 5.41) is -0.296. The molecule has 18 heavy (non-hydrogen) atoms. The first-order valence-electron chi connectivity index (χ1n) is 6.70. The molecule has 3 unspecified atom stereocenters. The minimum absolute atomic E-state index is 0.0333. The standard InChI is InChI=1S/C13H22O3S2/c1-13(7-4-8-17-13)12(14)10-5-3-6-11(9-10)18(2,15)16/h10-11H,3-9H2,1-2H3. The van der Waals surface area contributed by atoms with Gasteiger partial charge in [-0.15, -0.1) is 11.8 Å². The van der Waals surface area contributed by atoms with Gasteiger partial charge in [0.1, 0.15) is 9.84 Å². The van der Waals surface area contributed by atoms with Crippen molar-refractivity contribution in [2.45, 2.75) is 55.4 Å². The molecule has 1 saturated heterocycles. The predicted molar refractivity (Wildman–Crippen MR) is 75.7 cm³/mol. The van der Waals surface area contributed by atoms with Crippen molar-refractivity contribution < 1.29 is 13.2 Å². The van der Waals surface area contributed by atoms with Crippen LogP contribution in [-0.2, 0) is 14.6 Å². The molecule has 1 heterocycles. The highest BCUT2D eigenvalue weighted by Gasteiger charge is 2.43. The quantitative estimate of drug-likeness (QED) is 0.801. The number of carbonyl (C=O) groups excluding carboxylic acids is 1. The van der Waals surface area contributed by atoms with E-state index < -0.39 is 9.84 Å². The van der Waals surface area contributed by atoms with E-state index in [1.807, 2.05) is 6.92 Å². The van der Waals surface area contributed by atoms with Gasteiger partial charge >= 0.3 is 0 Å².